The molecule has 2 rings (SSSR count). The maximum atomic E-state index is 5.76. The summed E-state index contributed by atoms with van der Waals surface area (Å²) < 4.78 is 5.76. The van der Waals surface area contributed by atoms with Crippen LogP contribution in [0.3, 0.4) is 0 Å². The lowest BCUT2D eigenvalue weighted by Gasteiger charge is -2.24. The minimum Gasteiger partial charge on any atom is -0.496 e. The van der Waals surface area contributed by atoms with Crippen molar-refractivity contribution in [2.45, 2.75) is 54.5 Å². The molecule has 21 heavy (non-hydrogen) atoms. The quantitative estimate of drug-likeness (QED) is 0.852. The van der Waals surface area contributed by atoms with Crippen LogP contribution in [0, 0.1) is 30.6 Å². The van der Waals surface area contributed by atoms with E-state index in [1.54, 1.807) is 7.11 Å². The third kappa shape index (κ3) is 2.38. The highest BCUT2D eigenvalue weighted by Gasteiger charge is 2.67. The molecule has 1 aliphatic carbocycles. The van der Waals surface area contributed by atoms with Crippen molar-refractivity contribution in [2.24, 2.45) is 16.7 Å². The van der Waals surface area contributed by atoms with Crippen LogP contribution in [-0.4, -0.2) is 13.7 Å². The molecule has 0 bridgehead atoms. The third-order valence-electron chi connectivity index (χ3n) is 6.14. The Balaban J connectivity index is 2.48. The first-order valence-electron chi connectivity index (χ1n) is 8.07. The van der Waals surface area contributed by atoms with Gasteiger partial charge in [0.2, 0.25) is 0 Å². The van der Waals surface area contributed by atoms with Gasteiger partial charge in [-0.2, -0.15) is 0 Å². The molecule has 0 aromatic heterocycles. The van der Waals surface area contributed by atoms with Gasteiger partial charge in [-0.3, -0.25) is 0 Å². The normalized spacial score (nSPS) is 21.1. The van der Waals surface area contributed by atoms with Crippen molar-refractivity contribution in [1.29, 1.82) is 0 Å². The molecule has 1 atom stereocenters. The lowest BCUT2D eigenvalue weighted by molar-refractivity contribution is 0.371. The second-order valence-corrected chi connectivity index (χ2v) is 7.59. The van der Waals surface area contributed by atoms with E-state index in [-0.39, 0.29) is 0 Å². The molecule has 1 aliphatic rings. The van der Waals surface area contributed by atoms with Crippen LogP contribution in [0.25, 0.3) is 0 Å². The fourth-order valence-electron chi connectivity index (χ4n) is 4.03. The van der Waals surface area contributed by atoms with Crippen LogP contribution < -0.4 is 10.1 Å². The Morgan fingerprint density at radius 3 is 2.14 bits per heavy atom. The Hall–Kier alpha value is -1.02. The standard InChI is InChI=1S/C19H31NO/c1-9-20-15(17-18(4,5)19(17,6)7)14-11-10-12(2)13(3)16(14)21-8/h10-11,15,17,20H,9H2,1-8H3. The molecule has 1 N–H and O–H groups in total. The highest BCUT2D eigenvalue weighted by Crippen LogP contribution is 2.72. The zero-order valence-electron chi connectivity index (χ0n) is 14.9. The summed E-state index contributed by atoms with van der Waals surface area (Å²) in [6, 6.07) is 4.83. The molecule has 2 nitrogen and oxygen atoms in total. The van der Waals surface area contributed by atoms with Gasteiger partial charge >= 0.3 is 0 Å². The number of hydrogen-bond acceptors (Lipinski definition) is 2. The molecule has 1 aromatic carbocycles. The summed E-state index contributed by atoms with van der Waals surface area (Å²) in [4.78, 5) is 0. The smallest absolute Gasteiger partial charge is 0.126 e. The van der Waals surface area contributed by atoms with Crippen LogP contribution in [-0.2, 0) is 0 Å². The summed E-state index contributed by atoms with van der Waals surface area (Å²) >= 11 is 0. The Morgan fingerprint density at radius 2 is 1.71 bits per heavy atom. The molecule has 0 amide bonds. The summed E-state index contributed by atoms with van der Waals surface area (Å²) in [6.45, 7) is 17.0. The van der Waals surface area contributed by atoms with Gasteiger partial charge in [0.25, 0.3) is 0 Å². The third-order valence-corrected chi connectivity index (χ3v) is 6.14. The SMILES string of the molecule is CCNC(c1ccc(C)c(C)c1OC)C1C(C)(C)C1(C)C. The van der Waals surface area contributed by atoms with Crippen molar-refractivity contribution in [3.8, 4) is 5.75 Å². The zero-order chi connectivity index (χ0) is 16.0. The monoisotopic (exact) mass is 289 g/mol. The molecule has 0 spiro atoms. The molecule has 0 aliphatic heterocycles. The van der Waals surface area contributed by atoms with Crippen LogP contribution >= 0.6 is 0 Å². The average Bonchev–Trinajstić information content (AvgIpc) is 2.81. The largest absolute Gasteiger partial charge is 0.496 e. The highest BCUT2D eigenvalue weighted by molar-refractivity contribution is 5.48. The molecule has 0 heterocycles. The maximum Gasteiger partial charge on any atom is 0.126 e. The van der Waals surface area contributed by atoms with E-state index in [0.717, 1.165) is 12.3 Å². The molecule has 1 aromatic rings. The van der Waals surface area contributed by atoms with Crippen molar-refractivity contribution in [3.63, 3.8) is 0 Å². The van der Waals surface area contributed by atoms with Gasteiger partial charge in [0.15, 0.2) is 0 Å². The molecular formula is C19H31NO. The fourth-order valence-corrected chi connectivity index (χ4v) is 4.03. The fraction of sp³-hybridized carbons (Fsp3) is 0.684. The van der Waals surface area contributed by atoms with E-state index in [1.807, 2.05) is 0 Å². The molecular weight excluding hydrogens is 258 g/mol. The van der Waals surface area contributed by atoms with Crippen molar-refractivity contribution >= 4 is 0 Å². The van der Waals surface area contributed by atoms with E-state index in [2.05, 4.69) is 65.9 Å². The molecule has 1 saturated carbocycles. The van der Waals surface area contributed by atoms with E-state index in [1.165, 1.54) is 16.7 Å². The van der Waals surface area contributed by atoms with Gasteiger partial charge in [0, 0.05) is 11.6 Å². The van der Waals surface area contributed by atoms with E-state index in [0.29, 0.717) is 22.8 Å². The van der Waals surface area contributed by atoms with Crippen molar-refractivity contribution in [1.82, 2.24) is 5.32 Å². The number of ether oxygens (including phenoxy) is 1. The van der Waals surface area contributed by atoms with Gasteiger partial charge in [-0.15, -0.1) is 0 Å². The number of hydrogen-bond donors (Lipinski definition) is 1. The number of aryl methyl sites for hydroxylation is 1. The minimum atomic E-state index is 0.351. The minimum absolute atomic E-state index is 0.351. The van der Waals surface area contributed by atoms with Crippen molar-refractivity contribution < 1.29 is 4.74 Å². The van der Waals surface area contributed by atoms with Gasteiger partial charge in [-0.1, -0.05) is 46.8 Å². The molecule has 1 unspecified atom stereocenters. The Labute approximate surface area is 130 Å². The summed E-state index contributed by atoms with van der Waals surface area (Å²) in [5.41, 5.74) is 4.56. The molecule has 1 fully saturated rings. The molecule has 0 saturated heterocycles. The van der Waals surface area contributed by atoms with Crippen molar-refractivity contribution in [2.75, 3.05) is 13.7 Å². The molecule has 0 radical (unpaired) electrons. The van der Waals surface area contributed by atoms with Crippen LogP contribution in [0.4, 0.5) is 0 Å². The van der Waals surface area contributed by atoms with E-state index in [9.17, 15) is 0 Å². The van der Waals surface area contributed by atoms with Crippen LogP contribution in [0.5, 0.6) is 5.75 Å². The number of benzene rings is 1. The first kappa shape index (κ1) is 16.4. The van der Waals surface area contributed by atoms with Crippen molar-refractivity contribution in [3.05, 3.63) is 28.8 Å². The lowest BCUT2D eigenvalue weighted by Crippen LogP contribution is -2.26. The van der Waals surface area contributed by atoms with Crippen LogP contribution in [0.1, 0.15) is 57.4 Å². The second-order valence-electron chi connectivity index (χ2n) is 7.59. The predicted octanol–water partition coefficient (Wildman–Crippen LogP) is 4.64. The Bertz CT molecular complexity index is 517. The zero-order valence-corrected chi connectivity index (χ0v) is 14.9. The number of nitrogens with one attached hydrogen (secondary N) is 1. The highest BCUT2D eigenvalue weighted by atomic mass is 16.5. The average molecular weight is 289 g/mol. The second kappa shape index (κ2) is 5.31. The molecule has 2 heteroatoms. The topological polar surface area (TPSA) is 21.3 Å². The number of rotatable bonds is 5. The van der Waals surface area contributed by atoms with E-state index < -0.39 is 0 Å². The van der Waals surface area contributed by atoms with Gasteiger partial charge in [-0.25, -0.2) is 0 Å². The van der Waals surface area contributed by atoms with E-state index in [4.69, 9.17) is 4.74 Å². The van der Waals surface area contributed by atoms with Gasteiger partial charge < -0.3 is 10.1 Å². The summed E-state index contributed by atoms with van der Waals surface area (Å²) in [6.07, 6.45) is 0. The lowest BCUT2D eigenvalue weighted by atomic mass is 9.92. The van der Waals surface area contributed by atoms with Crippen LogP contribution in [0.2, 0.25) is 0 Å². The summed E-state index contributed by atoms with van der Waals surface area (Å²) in [7, 11) is 1.79. The Kier molecular flexibility index (Phi) is 4.14. The maximum absolute atomic E-state index is 5.76. The molecule has 118 valence electrons. The van der Waals surface area contributed by atoms with Gasteiger partial charge in [0.1, 0.15) is 5.75 Å². The summed E-state index contributed by atoms with van der Waals surface area (Å²) in [5.74, 6) is 1.68. The Morgan fingerprint density at radius 1 is 1.14 bits per heavy atom. The number of methoxy groups -OCH3 is 1. The van der Waals surface area contributed by atoms with Gasteiger partial charge in [-0.05, 0) is 48.3 Å². The predicted molar refractivity (Wildman–Crippen MR) is 89.9 cm³/mol. The first-order chi connectivity index (χ1) is 9.70. The van der Waals surface area contributed by atoms with Gasteiger partial charge in [0.05, 0.1) is 7.11 Å². The first-order valence-corrected chi connectivity index (χ1v) is 8.07. The van der Waals surface area contributed by atoms with Crippen LogP contribution in [0.15, 0.2) is 12.1 Å². The summed E-state index contributed by atoms with van der Waals surface area (Å²) in [5, 5.41) is 3.71. The van der Waals surface area contributed by atoms with E-state index >= 15 is 0 Å².